The van der Waals surface area contributed by atoms with E-state index in [1.54, 1.807) is 0 Å². The summed E-state index contributed by atoms with van der Waals surface area (Å²) in [5, 5.41) is 9.81. The van der Waals surface area contributed by atoms with Crippen LogP contribution in [-0.2, 0) is 42.2 Å². The van der Waals surface area contributed by atoms with Crippen LogP contribution in [0.2, 0.25) is 0 Å². The highest BCUT2D eigenvalue weighted by Gasteiger charge is 2.28. The van der Waals surface area contributed by atoms with Crippen molar-refractivity contribution in [3.63, 3.8) is 0 Å². The van der Waals surface area contributed by atoms with Gasteiger partial charge in [0, 0.05) is 19.3 Å². The zero-order valence-electron chi connectivity index (χ0n) is 46.5. The van der Waals surface area contributed by atoms with Crippen molar-refractivity contribution in [3.05, 3.63) is 109 Å². The minimum Gasteiger partial charge on any atom is -0.462 e. The van der Waals surface area contributed by atoms with Gasteiger partial charge in [-0.25, -0.2) is 4.57 Å². The van der Waals surface area contributed by atoms with Crippen LogP contribution in [0.4, 0.5) is 0 Å². The Labute approximate surface area is 450 Å². The lowest BCUT2D eigenvalue weighted by atomic mass is 10.1. The van der Waals surface area contributed by atoms with Gasteiger partial charge in [-0.2, -0.15) is 0 Å². The number of hydrogen-bond acceptors (Lipinski definition) is 10. The van der Waals surface area contributed by atoms with Crippen molar-refractivity contribution in [2.45, 2.75) is 238 Å². The van der Waals surface area contributed by atoms with E-state index in [2.05, 4.69) is 130 Å². The molecule has 3 atom stereocenters. The Morgan fingerprint density at radius 2 is 0.703 bits per heavy atom. The fourth-order valence-corrected chi connectivity index (χ4v) is 8.12. The average molecular weight is 1060 g/mol. The maximum atomic E-state index is 12.9. The highest BCUT2D eigenvalue weighted by molar-refractivity contribution is 7.47. The summed E-state index contributed by atoms with van der Waals surface area (Å²) in [7, 11) is -4.77. The quantitative estimate of drug-likeness (QED) is 0.0197. The second kappa shape index (κ2) is 55.4. The van der Waals surface area contributed by atoms with Gasteiger partial charge in [0.2, 0.25) is 0 Å². The number of unbranched alkanes of at least 4 members (excludes halogenated alkanes) is 17. The van der Waals surface area contributed by atoms with E-state index in [0.717, 1.165) is 141 Å². The summed E-state index contributed by atoms with van der Waals surface area (Å²) in [4.78, 5) is 48.5. The van der Waals surface area contributed by atoms with Crippen molar-refractivity contribution >= 4 is 25.7 Å². The third kappa shape index (κ3) is 53.0. The second-order valence-electron chi connectivity index (χ2n) is 18.7. The Hall–Kier alpha value is -3.86. The van der Waals surface area contributed by atoms with Gasteiger partial charge >= 0.3 is 25.7 Å². The van der Waals surface area contributed by atoms with E-state index in [-0.39, 0.29) is 25.9 Å². The number of phosphoric acid groups is 1. The molecule has 0 heterocycles. The number of esters is 3. The Kier molecular flexibility index (Phi) is 52.5. The molecule has 0 aliphatic heterocycles. The second-order valence-corrected chi connectivity index (χ2v) is 20.1. The van der Waals surface area contributed by atoms with Crippen LogP contribution < -0.4 is 0 Å². The Morgan fingerprint density at radius 3 is 1.12 bits per heavy atom. The summed E-state index contributed by atoms with van der Waals surface area (Å²) in [6.45, 7) is 4.32. The van der Waals surface area contributed by atoms with Crippen LogP contribution in [0.1, 0.15) is 226 Å². The predicted molar refractivity (Wildman–Crippen MR) is 307 cm³/mol. The third-order valence-electron chi connectivity index (χ3n) is 11.7. The summed E-state index contributed by atoms with van der Waals surface area (Å²) >= 11 is 0. The molecular weight excluding hydrogens is 952 g/mol. The molecule has 0 spiro atoms. The van der Waals surface area contributed by atoms with Crippen LogP contribution in [0.25, 0.3) is 0 Å². The molecule has 0 rings (SSSR count). The number of ether oxygens (including phenoxy) is 3. The maximum absolute atomic E-state index is 12.9. The summed E-state index contributed by atoms with van der Waals surface area (Å²) in [5.41, 5.74) is 0. The van der Waals surface area contributed by atoms with Gasteiger partial charge in [0.05, 0.1) is 19.8 Å². The van der Waals surface area contributed by atoms with Crippen LogP contribution in [0, 0.1) is 0 Å². The van der Waals surface area contributed by atoms with Crippen LogP contribution in [-0.4, -0.2) is 66.5 Å². The Balaban J connectivity index is 4.83. The lowest BCUT2D eigenvalue weighted by molar-refractivity contribution is -0.161. The van der Waals surface area contributed by atoms with Crippen molar-refractivity contribution in [1.29, 1.82) is 0 Å². The first-order valence-corrected chi connectivity index (χ1v) is 30.3. The van der Waals surface area contributed by atoms with Gasteiger partial charge in [-0.3, -0.25) is 23.4 Å². The van der Waals surface area contributed by atoms with Gasteiger partial charge < -0.3 is 24.2 Å². The maximum Gasteiger partial charge on any atom is 0.472 e. The van der Waals surface area contributed by atoms with E-state index in [9.17, 15) is 28.9 Å². The minimum atomic E-state index is -4.77. The molecule has 0 fully saturated rings. The molecule has 74 heavy (non-hydrogen) atoms. The highest BCUT2D eigenvalue weighted by Crippen LogP contribution is 2.43. The average Bonchev–Trinajstić information content (AvgIpc) is 3.39. The van der Waals surface area contributed by atoms with E-state index < -0.39 is 57.8 Å². The summed E-state index contributed by atoms with van der Waals surface area (Å²) < 4.78 is 39.5. The van der Waals surface area contributed by atoms with Crippen molar-refractivity contribution < 1.29 is 52.2 Å². The predicted octanol–water partition coefficient (Wildman–Crippen LogP) is 17.0. The zero-order valence-corrected chi connectivity index (χ0v) is 47.4. The molecule has 0 bridgehead atoms. The molecule has 0 saturated heterocycles. The van der Waals surface area contributed by atoms with Crippen LogP contribution >= 0.6 is 7.82 Å². The standard InChI is InChI=1S/C62H103O11P/c1-4-7-10-13-16-19-22-25-27-28-29-30-32-35-38-41-44-47-50-53-62(66)73-59(55-69-60(64)51-48-45-42-39-36-34-31-26-23-20-17-14-11-8-5-2)57-71-74(67,68)70-56-58(54-63)72-61(65)52-49-46-43-40-37-33-24-21-18-15-12-9-6-3/h7-8,10-11,16-17,19-21,24-27,29-31,36,39,58-59,63H,4-6,9,12-15,18,22-23,28,32-35,37-38,40-57H2,1-3H3,(H,67,68)/b10-7-,11-8-,19-16-,20-17-,24-21-,27-25-,30-29-,31-26-,39-36-. The van der Waals surface area contributed by atoms with Gasteiger partial charge in [-0.15, -0.1) is 0 Å². The first-order valence-electron chi connectivity index (χ1n) is 28.8. The van der Waals surface area contributed by atoms with Crippen LogP contribution in [0.3, 0.4) is 0 Å². The largest absolute Gasteiger partial charge is 0.472 e. The molecular formula is C62H103O11P. The van der Waals surface area contributed by atoms with E-state index in [1.807, 2.05) is 0 Å². The Bertz CT molecular complexity index is 1660. The fraction of sp³-hybridized carbons (Fsp3) is 0.661. The summed E-state index contributed by atoms with van der Waals surface area (Å²) in [5.74, 6) is -1.55. The molecule has 11 nitrogen and oxygen atoms in total. The van der Waals surface area contributed by atoms with Gasteiger partial charge in [0.15, 0.2) is 6.10 Å². The molecule has 12 heteroatoms. The molecule has 2 N–H and O–H groups in total. The molecule has 3 unspecified atom stereocenters. The smallest absolute Gasteiger partial charge is 0.462 e. The number of carbonyl (C=O) groups is 3. The topological polar surface area (TPSA) is 155 Å². The van der Waals surface area contributed by atoms with Gasteiger partial charge in [0.25, 0.3) is 0 Å². The van der Waals surface area contributed by atoms with E-state index in [4.69, 9.17) is 23.3 Å². The molecule has 0 aliphatic rings. The summed E-state index contributed by atoms with van der Waals surface area (Å²) in [6, 6.07) is 0. The fourth-order valence-electron chi connectivity index (χ4n) is 7.33. The first-order chi connectivity index (χ1) is 36.2. The normalized spacial score (nSPS) is 14.2. The SMILES string of the molecule is CC/C=C\C/C=C\C/C=C\C/C=C\CCCCCCCCC(=O)OC(COC(=O)CCCC/C=C\C/C=C\C/C=C\C/C=C\CC)COP(=O)(O)OCC(CO)OC(=O)CCCCCCC/C=C\CCCCCC. The Morgan fingerprint density at radius 1 is 0.392 bits per heavy atom. The molecule has 0 aromatic heterocycles. The van der Waals surface area contributed by atoms with Gasteiger partial charge in [-0.1, -0.05) is 194 Å². The van der Waals surface area contributed by atoms with Crippen molar-refractivity contribution in [3.8, 4) is 0 Å². The highest BCUT2D eigenvalue weighted by atomic mass is 31.2. The molecule has 0 aliphatic carbocycles. The number of hydrogen-bond donors (Lipinski definition) is 2. The number of aliphatic hydroxyl groups excluding tert-OH is 1. The number of carbonyl (C=O) groups excluding carboxylic acids is 3. The molecule has 0 aromatic carbocycles. The first kappa shape index (κ1) is 70.1. The number of phosphoric ester groups is 1. The number of allylic oxidation sites excluding steroid dienone is 18. The molecule has 422 valence electrons. The molecule has 0 radical (unpaired) electrons. The monoisotopic (exact) mass is 1050 g/mol. The van der Waals surface area contributed by atoms with Crippen molar-refractivity contribution in [1.82, 2.24) is 0 Å². The molecule has 0 aromatic rings. The molecule has 0 amide bonds. The van der Waals surface area contributed by atoms with Gasteiger partial charge in [-0.05, 0) is 122 Å². The van der Waals surface area contributed by atoms with E-state index in [1.165, 1.54) is 25.7 Å². The zero-order chi connectivity index (χ0) is 54.1. The van der Waals surface area contributed by atoms with Crippen molar-refractivity contribution in [2.75, 3.05) is 26.4 Å². The lowest BCUT2D eigenvalue weighted by Crippen LogP contribution is -2.30. The molecule has 0 saturated carbocycles. The van der Waals surface area contributed by atoms with Crippen LogP contribution in [0.5, 0.6) is 0 Å². The summed E-state index contributed by atoms with van der Waals surface area (Å²) in [6.07, 6.45) is 66.2. The number of rotatable bonds is 52. The lowest BCUT2D eigenvalue weighted by Gasteiger charge is -2.21. The van der Waals surface area contributed by atoms with Crippen molar-refractivity contribution in [2.24, 2.45) is 0 Å². The van der Waals surface area contributed by atoms with Crippen LogP contribution in [0.15, 0.2) is 109 Å². The third-order valence-corrected chi connectivity index (χ3v) is 12.6. The van der Waals surface area contributed by atoms with E-state index in [0.29, 0.717) is 19.3 Å². The van der Waals surface area contributed by atoms with Gasteiger partial charge in [0.1, 0.15) is 12.7 Å². The number of aliphatic hydroxyl groups is 1. The van der Waals surface area contributed by atoms with E-state index >= 15 is 0 Å². The minimum absolute atomic E-state index is 0.136.